The van der Waals surface area contributed by atoms with Crippen molar-refractivity contribution in [3.05, 3.63) is 0 Å². The van der Waals surface area contributed by atoms with E-state index < -0.39 is 0 Å². The van der Waals surface area contributed by atoms with Crippen molar-refractivity contribution >= 4 is 0 Å². The highest BCUT2D eigenvalue weighted by Crippen LogP contribution is 2.51. The maximum atomic E-state index is 2.80. The van der Waals surface area contributed by atoms with Gasteiger partial charge >= 0.3 is 0 Å². The predicted octanol–water partition coefficient (Wildman–Crippen LogP) is 3.69. The average Bonchev–Trinajstić information content (AvgIpc) is 2.13. The molecule has 1 saturated carbocycles. The molecule has 0 atom stereocenters. The number of nitrogens with zero attached hydrogens (tertiary/aromatic N) is 1. The second-order valence-electron chi connectivity index (χ2n) is 6.38. The normalized spacial score (nSPS) is 37.6. The number of rotatable bonds is 2. The first-order valence-electron chi connectivity index (χ1n) is 6.82. The van der Waals surface area contributed by atoms with Crippen molar-refractivity contribution in [2.45, 2.75) is 71.4 Å². The Morgan fingerprint density at radius 2 is 1.73 bits per heavy atom. The molecule has 2 fully saturated rings. The summed E-state index contributed by atoms with van der Waals surface area (Å²) in [5.41, 5.74) is 0.626. The van der Waals surface area contributed by atoms with Crippen LogP contribution in [0.25, 0.3) is 0 Å². The Morgan fingerprint density at radius 3 is 2.27 bits per heavy atom. The summed E-state index contributed by atoms with van der Waals surface area (Å²) >= 11 is 0. The first kappa shape index (κ1) is 11.4. The summed E-state index contributed by atoms with van der Waals surface area (Å²) in [6, 6.07) is 0.749. The molecule has 0 radical (unpaired) electrons. The van der Waals surface area contributed by atoms with Gasteiger partial charge in [0, 0.05) is 11.6 Å². The van der Waals surface area contributed by atoms with Gasteiger partial charge in [0.1, 0.15) is 0 Å². The van der Waals surface area contributed by atoms with Crippen LogP contribution in [-0.2, 0) is 0 Å². The van der Waals surface area contributed by atoms with Gasteiger partial charge in [0.25, 0.3) is 0 Å². The van der Waals surface area contributed by atoms with Crippen molar-refractivity contribution in [3.8, 4) is 0 Å². The van der Waals surface area contributed by atoms with E-state index in [9.17, 15) is 0 Å². The molecule has 0 bridgehead atoms. The molecule has 88 valence electrons. The quantitative estimate of drug-likeness (QED) is 0.670. The van der Waals surface area contributed by atoms with E-state index in [-0.39, 0.29) is 0 Å². The third-order valence-electron chi connectivity index (χ3n) is 4.75. The van der Waals surface area contributed by atoms with E-state index in [1.54, 1.807) is 0 Å². The van der Waals surface area contributed by atoms with Gasteiger partial charge in [-0.1, -0.05) is 20.3 Å². The molecule has 15 heavy (non-hydrogen) atoms. The monoisotopic (exact) mass is 209 g/mol. The molecule has 2 rings (SSSR count). The van der Waals surface area contributed by atoms with Gasteiger partial charge in [-0.3, -0.25) is 4.90 Å². The second kappa shape index (κ2) is 4.08. The molecule has 1 aliphatic heterocycles. The summed E-state index contributed by atoms with van der Waals surface area (Å²) in [6.07, 6.45) is 7.31. The fraction of sp³-hybridized carbons (Fsp3) is 1.00. The van der Waals surface area contributed by atoms with Crippen molar-refractivity contribution in [1.82, 2.24) is 4.90 Å². The number of piperidine rings is 1. The molecule has 0 aromatic rings. The topological polar surface area (TPSA) is 3.24 Å². The molecule has 1 aliphatic carbocycles. The van der Waals surface area contributed by atoms with Gasteiger partial charge in [-0.15, -0.1) is 0 Å². The summed E-state index contributed by atoms with van der Waals surface area (Å²) in [6.45, 7) is 10.9. The maximum Gasteiger partial charge on any atom is 0.0217 e. The van der Waals surface area contributed by atoms with Crippen LogP contribution in [0, 0.1) is 11.8 Å². The summed E-state index contributed by atoms with van der Waals surface area (Å²) in [5, 5.41) is 0. The van der Waals surface area contributed by atoms with Crippen LogP contribution in [0.1, 0.15) is 59.8 Å². The van der Waals surface area contributed by atoms with E-state index in [1.807, 2.05) is 0 Å². The molecule has 1 heteroatoms. The SMILES string of the molecule is CC(C)C1CC2(CCCCN2C(C)C)C1. The summed E-state index contributed by atoms with van der Waals surface area (Å²) in [5.74, 6) is 1.90. The fourth-order valence-corrected chi connectivity index (χ4v) is 3.75. The van der Waals surface area contributed by atoms with Crippen molar-refractivity contribution < 1.29 is 0 Å². The van der Waals surface area contributed by atoms with E-state index in [4.69, 9.17) is 0 Å². The highest BCUT2D eigenvalue weighted by Gasteiger charge is 2.50. The van der Waals surface area contributed by atoms with E-state index in [2.05, 4.69) is 32.6 Å². The van der Waals surface area contributed by atoms with Crippen LogP contribution in [0.3, 0.4) is 0 Å². The third kappa shape index (κ3) is 1.95. The van der Waals surface area contributed by atoms with Gasteiger partial charge in [0.05, 0.1) is 0 Å². The van der Waals surface area contributed by atoms with E-state index in [0.717, 1.165) is 17.9 Å². The van der Waals surface area contributed by atoms with Gasteiger partial charge in [-0.05, 0) is 57.9 Å². The maximum absolute atomic E-state index is 2.80. The van der Waals surface area contributed by atoms with Crippen LogP contribution in [-0.4, -0.2) is 23.0 Å². The summed E-state index contributed by atoms with van der Waals surface area (Å²) in [7, 11) is 0. The zero-order valence-corrected chi connectivity index (χ0v) is 10.9. The predicted molar refractivity (Wildman–Crippen MR) is 66.0 cm³/mol. The Morgan fingerprint density at radius 1 is 1.07 bits per heavy atom. The van der Waals surface area contributed by atoms with Gasteiger partial charge in [0.15, 0.2) is 0 Å². The summed E-state index contributed by atoms with van der Waals surface area (Å²) in [4.78, 5) is 2.80. The molecule has 0 amide bonds. The van der Waals surface area contributed by atoms with E-state index in [1.165, 1.54) is 38.6 Å². The van der Waals surface area contributed by atoms with Crippen LogP contribution in [0.2, 0.25) is 0 Å². The van der Waals surface area contributed by atoms with Gasteiger partial charge < -0.3 is 0 Å². The van der Waals surface area contributed by atoms with Crippen LogP contribution < -0.4 is 0 Å². The van der Waals surface area contributed by atoms with Gasteiger partial charge in [0.2, 0.25) is 0 Å². The number of likely N-dealkylation sites (tertiary alicyclic amines) is 1. The van der Waals surface area contributed by atoms with Crippen molar-refractivity contribution in [3.63, 3.8) is 0 Å². The third-order valence-corrected chi connectivity index (χ3v) is 4.75. The lowest BCUT2D eigenvalue weighted by Crippen LogP contribution is -2.62. The minimum Gasteiger partial charge on any atom is -0.295 e. The van der Waals surface area contributed by atoms with Gasteiger partial charge in [-0.25, -0.2) is 0 Å². The van der Waals surface area contributed by atoms with Crippen LogP contribution >= 0.6 is 0 Å². The van der Waals surface area contributed by atoms with E-state index in [0.29, 0.717) is 5.54 Å². The lowest BCUT2D eigenvalue weighted by Gasteiger charge is -2.59. The molecule has 1 nitrogen and oxygen atoms in total. The molecule has 0 aromatic heterocycles. The van der Waals surface area contributed by atoms with Crippen LogP contribution in [0.4, 0.5) is 0 Å². The first-order chi connectivity index (χ1) is 7.05. The Hall–Kier alpha value is -0.0400. The lowest BCUT2D eigenvalue weighted by atomic mass is 9.60. The Labute approximate surface area is 95.2 Å². The van der Waals surface area contributed by atoms with Crippen molar-refractivity contribution in [2.75, 3.05) is 6.54 Å². The highest BCUT2D eigenvalue weighted by molar-refractivity contribution is 5.05. The molecule has 1 spiro atoms. The minimum atomic E-state index is 0.626. The van der Waals surface area contributed by atoms with Crippen LogP contribution in [0.5, 0.6) is 0 Å². The molecule has 0 unspecified atom stereocenters. The molecule has 1 saturated heterocycles. The molecule has 0 N–H and O–H groups in total. The largest absolute Gasteiger partial charge is 0.295 e. The number of hydrogen-bond acceptors (Lipinski definition) is 1. The Bertz CT molecular complexity index is 213. The first-order valence-corrected chi connectivity index (χ1v) is 6.82. The van der Waals surface area contributed by atoms with Crippen molar-refractivity contribution in [1.29, 1.82) is 0 Å². The average molecular weight is 209 g/mol. The second-order valence-corrected chi connectivity index (χ2v) is 6.38. The standard InChI is InChI=1S/C14H27N/c1-11(2)13-9-14(10-13)7-5-6-8-15(14)12(3)4/h11-13H,5-10H2,1-4H3. The molecule has 0 aromatic carbocycles. The number of hydrogen-bond donors (Lipinski definition) is 0. The smallest absolute Gasteiger partial charge is 0.0217 e. The molecule has 2 aliphatic rings. The zero-order valence-electron chi connectivity index (χ0n) is 10.9. The van der Waals surface area contributed by atoms with E-state index >= 15 is 0 Å². The molecule has 1 heterocycles. The molecular weight excluding hydrogens is 182 g/mol. The van der Waals surface area contributed by atoms with Crippen LogP contribution in [0.15, 0.2) is 0 Å². The fourth-order valence-electron chi connectivity index (χ4n) is 3.75. The molecular formula is C14H27N. The minimum absolute atomic E-state index is 0.626. The lowest BCUT2D eigenvalue weighted by molar-refractivity contribution is -0.0823. The zero-order chi connectivity index (χ0) is 11.1. The highest BCUT2D eigenvalue weighted by atomic mass is 15.2. The Balaban J connectivity index is 2.01. The van der Waals surface area contributed by atoms with Gasteiger partial charge in [-0.2, -0.15) is 0 Å². The summed E-state index contributed by atoms with van der Waals surface area (Å²) < 4.78 is 0. The van der Waals surface area contributed by atoms with Crippen molar-refractivity contribution in [2.24, 2.45) is 11.8 Å². The Kier molecular flexibility index (Phi) is 3.12.